The van der Waals surface area contributed by atoms with Gasteiger partial charge in [-0.1, -0.05) is 11.6 Å². The number of hydrogen-bond donors (Lipinski definition) is 0. The molecule has 15 heavy (non-hydrogen) atoms. The highest BCUT2D eigenvalue weighted by Crippen LogP contribution is 2.26. The minimum Gasteiger partial charge on any atom is -0.264 e. The molecule has 0 atom stereocenters. The Kier molecular flexibility index (Phi) is 1.79. The van der Waals surface area contributed by atoms with E-state index in [0.29, 0.717) is 5.15 Å². The number of aromatic nitrogens is 3. The van der Waals surface area contributed by atoms with Gasteiger partial charge in [0.1, 0.15) is 5.15 Å². The molecule has 0 aliphatic heterocycles. The lowest BCUT2D eigenvalue weighted by Gasteiger charge is -2.02. The lowest BCUT2D eigenvalue weighted by atomic mass is 10.2. The van der Waals surface area contributed by atoms with Gasteiger partial charge in [-0.25, -0.2) is 4.98 Å². The van der Waals surface area contributed by atoms with Gasteiger partial charge in [0.2, 0.25) is 0 Å². The summed E-state index contributed by atoms with van der Waals surface area (Å²) in [7, 11) is 0. The van der Waals surface area contributed by atoms with Crippen LogP contribution >= 0.6 is 11.6 Å². The van der Waals surface area contributed by atoms with Gasteiger partial charge in [-0.3, -0.25) is 9.97 Å². The molecule has 4 heteroatoms. The average Bonchev–Trinajstić information content (AvgIpc) is 2.30. The summed E-state index contributed by atoms with van der Waals surface area (Å²) in [4.78, 5) is 12.6. The SMILES string of the molecule is Clc1nc2cccnc2c2cnccc12. The van der Waals surface area contributed by atoms with E-state index in [9.17, 15) is 0 Å². The quantitative estimate of drug-likeness (QED) is 0.428. The Hall–Kier alpha value is -1.74. The lowest BCUT2D eigenvalue weighted by molar-refractivity contribution is 1.33. The molecule has 72 valence electrons. The minimum absolute atomic E-state index is 0.493. The Bertz CT molecular complexity index is 651. The van der Waals surface area contributed by atoms with E-state index in [1.165, 1.54) is 0 Å². The maximum atomic E-state index is 6.07. The van der Waals surface area contributed by atoms with E-state index in [-0.39, 0.29) is 0 Å². The van der Waals surface area contributed by atoms with Gasteiger partial charge >= 0.3 is 0 Å². The van der Waals surface area contributed by atoms with E-state index >= 15 is 0 Å². The van der Waals surface area contributed by atoms with Crippen molar-refractivity contribution in [2.24, 2.45) is 0 Å². The van der Waals surface area contributed by atoms with E-state index in [1.54, 1.807) is 18.6 Å². The fourth-order valence-corrected chi connectivity index (χ4v) is 1.88. The van der Waals surface area contributed by atoms with Gasteiger partial charge in [0.05, 0.1) is 11.0 Å². The first kappa shape index (κ1) is 8.56. The molecular formula is C11H6ClN3. The van der Waals surface area contributed by atoms with Crippen molar-refractivity contribution in [2.45, 2.75) is 0 Å². The van der Waals surface area contributed by atoms with Gasteiger partial charge in [0.15, 0.2) is 0 Å². The van der Waals surface area contributed by atoms with Gasteiger partial charge in [-0.2, -0.15) is 0 Å². The summed E-state index contributed by atoms with van der Waals surface area (Å²) in [6.45, 7) is 0. The van der Waals surface area contributed by atoms with Gasteiger partial charge in [0.25, 0.3) is 0 Å². The van der Waals surface area contributed by atoms with Crippen LogP contribution in [0.15, 0.2) is 36.8 Å². The fraction of sp³-hybridized carbons (Fsp3) is 0. The molecule has 0 spiro atoms. The van der Waals surface area contributed by atoms with E-state index in [0.717, 1.165) is 21.8 Å². The van der Waals surface area contributed by atoms with Crippen LogP contribution < -0.4 is 0 Å². The highest BCUT2D eigenvalue weighted by molar-refractivity contribution is 6.35. The zero-order valence-corrected chi connectivity index (χ0v) is 8.44. The fourth-order valence-electron chi connectivity index (χ4n) is 1.62. The molecule has 3 aromatic heterocycles. The highest BCUT2D eigenvalue weighted by atomic mass is 35.5. The van der Waals surface area contributed by atoms with Crippen LogP contribution in [0, 0.1) is 0 Å². The Labute approximate surface area is 90.8 Å². The second-order valence-corrected chi connectivity index (χ2v) is 3.55. The Morgan fingerprint density at radius 3 is 2.93 bits per heavy atom. The summed E-state index contributed by atoms with van der Waals surface area (Å²) in [6, 6.07) is 5.58. The number of nitrogens with zero attached hydrogens (tertiary/aromatic N) is 3. The molecule has 0 aliphatic carbocycles. The largest absolute Gasteiger partial charge is 0.264 e. The molecular weight excluding hydrogens is 210 g/mol. The number of rotatable bonds is 0. The molecule has 0 aliphatic rings. The average molecular weight is 216 g/mol. The maximum absolute atomic E-state index is 6.07. The summed E-state index contributed by atoms with van der Waals surface area (Å²) in [6.07, 6.45) is 5.20. The van der Waals surface area contributed by atoms with Gasteiger partial charge in [-0.05, 0) is 18.2 Å². The van der Waals surface area contributed by atoms with Crippen LogP contribution in [-0.2, 0) is 0 Å². The molecule has 3 heterocycles. The second-order valence-electron chi connectivity index (χ2n) is 3.20. The van der Waals surface area contributed by atoms with Crippen LogP contribution in [0.2, 0.25) is 5.15 Å². The van der Waals surface area contributed by atoms with Crippen LogP contribution in [0.5, 0.6) is 0 Å². The molecule has 0 N–H and O–H groups in total. The Balaban J connectivity index is 2.64. The summed E-state index contributed by atoms with van der Waals surface area (Å²) in [5.41, 5.74) is 1.63. The summed E-state index contributed by atoms with van der Waals surface area (Å²) in [5, 5.41) is 2.32. The second kappa shape index (κ2) is 3.14. The van der Waals surface area contributed by atoms with Crippen LogP contribution in [0.1, 0.15) is 0 Å². The summed E-state index contributed by atoms with van der Waals surface area (Å²) in [5.74, 6) is 0. The standard InChI is InChI=1S/C11H6ClN3/c12-11-7-3-5-13-6-8(7)10-9(15-11)2-1-4-14-10/h1-6H. The van der Waals surface area contributed by atoms with Crippen molar-refractivity contribution in [3.8, 4) is 0 Å². The van der Waals surface area contributed by atoms with Gasteiger partial charge in [-0.15, -0.1) is 0 Å². The molecule has 3 nitrogen and oxygen atoms in total. The molecule has 0 amide bonds. The third-order valence-electron chi connectivity index (χ3n) is 2.30. The third kappa shape index (κ3) is 1.24. The predicted octanol–water partition coefficient (Wildman–Crippen LogP) is 2.83. The molecule has 3 aromatic rings. The van der Waals surface area contributed by atoms with Crippen molar-refractivity contribution in [2.75, 3.05) is 0 Å². The van der Waals surface area contributed by atoms with E-state index in [1.807, 2.05) is 18.2 Å². The number of hydrogen-bond acceptors (Lipinski definition) is 3. The first-order valence-electron chi connectivity index (χ1n) is 4.50. The van der Waals surface area contributed by atoms with E-state index < -0.39 is 0 Å². The molecule has 0 fully saturated rings. The zero-order valence-electron chi connectivity index (χ0n) is 7.68. The molecule has 0 saturated carbocycles. The van der Waals surface area contributed by atoms with E-state index in [2.05, 4.69) is 15.0 Å². The lowest BCUT2D eigenvalue weighted by Crippen LogP contribution is -1.87. The summed E-state index contributed by atoms with van der Waals surface area (Å²) >= 11 is 6.07. The first-order chi connectivity index (χ1) is 7.36. The highest BCUT2D eigenvalue weighted by Gasteiger charge is 2.06. The topological polar surface area (TPSA) is 38.7 Å². The molecule has 0 bridgehead atoms. The third-order valence-corrected chi connectivity index (χ3v) is 2.59. The van der Waals surface area contributed by atoms with E-state index in [4.69, 9.17) is 11.6 Å². The molecule has 0 saturated heterocycles. The molecule has 0 aromatic carbocycles. The summed E-state index contributed by atoms with van der Waals surface area (Å²) < 4.78 is 0. The number of pyridine rings is 3. The smallest absolute Gasteiger partial charge is 0.137 e. The van der Waals surface area contributed by atoms with Crippen LogP contribution in [0.25, 0.3) is 21.8 Å². The molecule has 0 radical (unpaired) electrons. The van der Waals surface area contributed by atoms with Gasteiger partial charge in [0, 0.05) is 29.4 Å². The predicted molar refractivity (Wildman–Crippen MR) is 59.8 cm³/mol. The maximum Gasteiger partial charge on any atom is 0.137 e. The van der Waals surface area contributed by atoms with Crippen molar-refractivity contribution >= 4 is 33.4 Å². The van der Waals surface area contributed by atoms with Gasteiger partial charge < -0.3 is 0 Å². The first-order valence-corrected chi connectivity index (χ1v) is 4.88. The molecule has 3 rings (SSSR count). The minimum atomic E-state index is 0.493. The zero-order chi connectivity index (χ0) is 10.3. The number of fused-ring (bicyclic) bond motifs is 3. The van der Waals surface area contributed by atoms with Crippen LogP contribution in [-0.4, -0.2) is 15.0 Å². The van der Waals surface area contributed by atoms with Crippen molar-refractivity contribution in [3.63, 3.8) is 0 Å². The Morgan fingerprint density at radius 1 is 1.07 bits per heavy atom. The monoisotopic (exact) mass is 215 g/mol. The van der Waals surface area contributed by atoms with Crippen molar-refractivity contribution in [1.82, 2.24) is 15.0 Å². The Morgan fingerprint density at radius 2 is 2.00 bits per heavy atom. The van der Waals surface area contributed by atoms with Crippen molar-refractivity contribution in [1.29, 1.82) is 0 Å². The normalized spacial score (nSPS) is 11.0. The molecule has 0 unspecified atom stereocenters. The van der Waals surface area contributed by atoms with Crippen molar-refractivity contribution in [3.05, 3.63) is 41.9 Å². The van der Waals surface area contributed by atoms with Crippen molar-refractivity contribution < 1.29 is 0 Å². The van der Waals surface area contributed by atoms with Crippen LogP contribution in [0.4, 0.5) is 0 Å². The van der Waals surface area contributed by atoms with Crippen LogP contribution in [0.3, 0.4) is 0 Å². The number of halogens is 1.